The monoisotopic (exact) mass is 389 g/mol. The van der Waals surface area contributed by atoms with Crippen molar-refractivity contribution in [1.29, 1.82) is 0 Å². The predicted molar refractivity (Wildman–Crippen MR) is 106 cm³/mol. The van der Waals surface area contributed by atoms with Gasteiger partial charge in [0.25, 0.3) is 5.56 Å². The zero-order chi connectivity index (χ0) is 19.9. The van der Waals surface area contributed by atoms with E-state index in [1.54, 1.807) is 18.7 Å². The second kappa shape index (κ2) is 7.12. The maximum absolute atomic E-state index is 13.4. The van der Waals surface area contributed by atoms with Gasteiger partial charge >= 0.3 is 0 Å². The Bertz CT molecular complexity index is 899. The third-order valence-electron chi connectivity index (χ3n) is 5.88. The highest BCUT2D eigenvalue weighted by Crippen LogP contribution is 2.28. The van der Waals surface area contributed by atoms with Gasteiger partial charge in [0.05, 0.1) is 19.5 Å². The summed E-state index contributed by atoms with van der Waals surface area (Å²) in [5.74, 6) is 1.68. The molecule has 5 N–H and O–H groups in total. The minimum atomic E-state index is -0.726. The van der Waals surface area contributed by atoms with Crippen molar-refractivity contribution in [2.24, 2.45) is 4.99 Å². The van der Waals surface area contributed by atoms with Gasteiger partial charge in [-0.15, -0.1) is 0 Å². The summed E-state index contributed by atoms with van der Waals surface area (Å²) >= 11 is 0. The minimum absolute atomic E-state index is 0.142. The largest absolute Gasteiger partial charge is 0.632 e. The molecule has 1 aromatic heterocycles. The number of aliphatic imine (C=N–C) groups is 1. The number of amidine groups is 1. The number of fused-ring (bicyclic) bond motifs is 2. The number of methoxy groups -OCH3 is 1. The molecular formula is C18H27N7O3. The second-order valence-corrected chi connectivity index (χ2v) is 7.35. The number of pyridine rings is 1. The Morgan fingerprint density at radius 2 is 2.11 bits per heavy atom. The Morgan fingerprint density at radius 3 is 2.79 bits per heavy atom. The van der Waals surface area contributed by atoms with Crippen LogP contribution in [0, 0.1) is 12.1 Å². The number of hydrogen-bond acceptors (Lipinski definition) is 7. The SMILES string of the molecule is CN=C1NCNC(Nc2cc(C)c3n(c2=O)C2(CCNCC2)[NH+]([O-])C3)=C1OC. The molecule has 0 saturated carbocycles. The van der Waals surface area contributed by atoms with Crippen LogP contribution in [-0.2, 0) is 16.9 Å². The van der Waals surface area contributed by atoms with E-state index >= 15 is 0 Å². The van der Waals surface area contributed by atoms with Gasteiger partial charge in [0, 0.05) is 33.0 Å². The van der Waals surface area contributed by atoms with Gasteiger partial charge in [-0.1, -0.05) is 0 Å². The zero-order valence-electron chi connectivity index (χ0n) is 16.4. The van der Waals surface area contributed by atoms with Crippen molar-refractivity contribution in [2.45, 2.75) is 32.0 Å². The minimum Gasteiger partial charge on any atom is -0.632 e. The molecular weight excluding hydrogens is 362 g/mol. The second-order valence-electron chi connectivity index (χ2n) is 7.35. The third-order valence-corrected chi connectivity index (χ3v) is 5.88. The summed E-state index contributed by atoms with van der Waals surface area (Å²) in [5.41, 5.74) is 1.28. The highest BCUT2D eigenvalue weighted by Gasteiger charge is 2.48. The third kappa shape index (κ3) is 2.76. The average molecular weight is 389 g/mol. The number of rotatable bonds is 3. The molecule has 28 heavy (non-hydrogen) atoms. The van der Waals surface area contributed by atoms with Gasteiger partial charge < -0.3 is 36.3 Å². The molecule has 1 aromatic rings. The highest BCUT2D eigenvalue weighted by atomic mass is 16.5. The van der Waals surface area contributed by atoms with Crippen molar-refractivity contribution < 1.29 is 9.80 Å². The molecule has 1 unspecified atom stereocenters. The molecule has 0 aliphatic carbocycles. The van der Waals surface area contributed by atoms with Crippen LogP contribution in [0.15, 0.2) is 27.4 Å². The summed E-state index contributed by atoms with van der Waals surface area (Å²) in [6.07, 6.45) is 1.28. The van der Waals surface area contributed by atoms with E-state index in [1.165, 1.54) is 0 Å². The van der Waals surface area contributed by atoms with Crippen molar-refractivity contribution in [1.82, 2.24) is 20.5 Å². The normalized spacial score (nSPS) is 24.7. The first kappa shape index (κ1) is 18.8. The van der Waals surface area contributed by atoms with E-state index in [2.05, 4.69) is 26.3 Å². The molecule has 4 heterocycles. The Morgan fingerprint density at radius 1 is 1.36 bits per heavy atom. The maximum Gasteiger partial charge on any atom is 0.279 e. The lowest BCUT2D eigenvalue weighted by Gasteiger charge is -2.41. The van der Waals surface area contributed by atoms with E-state index in [4.69, 9.17) is 4.74 Å². The fourth-order valence-electron chi connectivity index (χ4n) is 4.44. The quantitative estimate of drug-likeness (QED) is 0.399. The molecule has 1 atom stereocenters. The van der Waals surface area contributed by atoms with E-state index in [0.29, 0.717) is 49.2 Å². The number of aromatic nitrogens is 1. The Labute approximate surface area is 163 Å². The van der Waals surface area contributed by atoms with E-state index in [9.17, 15) is 10.0 Å². The molecule has 0 amide bonds. The van der Waals surface area contributed by atoms with Crippen molar-refractivity contribution in [2.75, 3.05) is 39.2 Å². The van der Waals surface area contributed by atoms with E-state index < -0.39 is 5.66 Å². The number of nitrogens with zero attached hydrogens (tertiary/aromatic N) is 2. The van der Waals surface area contributed by atoms with Crippen molar-refractivity contribution >= 4 is 11.5 Å². The van der Waals surface area contributed by atoms with E-state index in [-0.39, 0.29) is 10.6 Å². The van der Waals surface area contributed by atoms with Crippen LogP contribution in [0.5, 0.6) is 0 Å². The van der Waals surface area contributed by atoms with E-state index in [0.717, 1.165) is 24.3 Å². The van der Waals surface area contributed by atoms with Crippen LogP contribution in [0.3, 0.4) is 0 Å². The van der Waals surface area contributed by atoms with Crippen molar-refractivity contribution in [3.05, 3.63) is 44.5 Å². The summed E-state index contributed by atoms with van der Waals surface area (Å²) in [4.78, 5) is 17.6. The number of quaternary nitrogens is 1. The number of piperidine rings is 1. The molecule has 10 nitrogen and oxygen atoms in total. The van der Waals surface area contributed by atoms with Crippen LogP contribution < -0.4 is 31.9 Å². The molecule has 1 saturated heterocycles. The van der Waals surface area contributed by atoms with Crippen molar-refractivity contribution in [3.63, 3.8) is 0 Å². The molecule has 4 rings (SSSR count). The lowest BCUT2D eigenvalue weighted by Crippen LogP contribution is -3.12. The van der Waals surface area contributed by atoms with Crippen LogP contribution >= 0.6 is 0 Å². The van der Waals surface area contributed by atoms with Crippen molar-refractivity contribution in [3.8, 4) is 0 Å². The standard InChI is InChI=1S/C18H27N7O3/c1-11-8-12(23-16-14(28-3)15(19-2)21-10-22-16)17(26)25-13(11)9-24(27)18(25)4-6-20-7-5-18/h8,20,22-24H,4-7,9-10H2,1-3H3,(H,19,21). The van der Waals surface area contributed by atoms with Gasteiger partial charge in [-0.2, -0.15) is 0 Å². The van der Waals surface area contributed by atoms with Crippen LogP contribution in [0.2, 0.25) is 0 Å². The van der Waals surface area contributed by atoms with E-state index in [1.807, 2.05) is 13.0 Å². The lowest BCUT2D eigenvalue weighted by molar-refractivity contribution is -0.930. The van der Waals surface area contributed by atoms with Gasteiger partial charge in [0.15, 0.2) is 17.3 Å². The number of anilines is 1. The Hall–Kier alpha value is -2.56. The van der Waals surface area contributed by atoms with Crippen LogP contribution in [0.1, 0.15) is 24.1 Å². The zero-order valence-corrected chi connectivity index (χ0v) is 16.4. The first-order chi connectivity index (χ1) is 13.5. The lowest BCUT2D eigenvalue weighted by atomic mass is 9.98. The van der Waals surface area contributed by atoms with Crippen LogP contribution in [0.4, 0.5) is 5.69 Å². The Balaban J connectivity index is 1.80. The summed E-state index contributed by atoms with van der Waals surface area (Å²) in [6.45, 7) is 4.20. The number of ether oxygens (including phenoxy) is 1. The summed E-state index contributed by atoms with van der Waals surface area (Å²) in [7, 11) is 3.23. The van der Waals surface area contributed by atoms with Crippen LogP contribution in [-0.4, -0.2) is 44.3 Å². The van der Waals surface area contributed by atoms with Gasteiger partial charge in [-0.3, -0.25) is 14.4 Å². The number of aryl methyl sites for hydroxylation is 1. The summed E-state index contributed by atoms with van der Waals surface area (Å²) in [5, 5.41) is 25.8. The fourth-order valence-corrected chi connectivity index (χ4v) is 4.44. The molecule has 0 bridgehead atoms. The number of nitrogens with one attached hydrogen (secondary N) is 5. The first-order valence-corrected chi connectivity index (χ1v) is 9.52. The van der Waals surface area contributed by atoms with Crippen LogP contribution in [0.25, 0.3) is 0 Å². The summed E-state index contributed by atoms with van der Waals surface area (Å²) in [6, 6.07) is 1.81. The Kier molecular flexibility index (Phi) is 4.77. The number of hydrogen-bond donors (Lipinski definition) is 5. The first-order valence-electron chi connectivity index (χ1n) is 9.52. The molecule has 3 aliphatic rings. The van der Waals surface area contributed by atoms with Gasteiger partial charge in [0.1, 0.15) is 12.2 Å². The number of hydroxylamine groups is 2. The topological polar surface area (TPSA) is 119 Å². The predicted octanol–water partition coefficient (Wildman–Crippen LogP) is -1.50. The maximum atomic E-state index is 13.4. The molecule has 1 spiro atoms. The van der Waals surface area contributed by atoms with Gasteiger partial charge in [-0.25, -0.2) is 0 Å². The fraction of sp³-hybridized carbons (Fsp3) is 0.556. The average Bonchev–Trinajstić information content (AvgIpc) is 2.98. The molecule has 1 fully saturated rings. The highest BCUT2D eigenvalue weighted by molar-refractivity contribution is 5.98. The molecule has 0 radical (unpaired) electrons. The molecule has 152 valence electrons. The summed E-state index contributed by atoms with van der Waals surface area (Å²) < 4.78 is 7.21. The molecule has 3 aliphatic heterocycles. The molecule has 10 heteroatoms. The van der Waals surface area contributed by atoms with Gasteiger partial charge in [-0.05, 0) is 18.6 Å². The van der Waals surface area contributed by atoms with Gasteiger partial charge in [0.2, 0.25) is 5.76 Å². The smallest absolute Gasteiger partial charge is 0.279 e. The molecule has 0 aromatic carbocycles.